The molecule has 1 aromatic heterocycles. The van der Waals surface area contributed by atoms with Crippen molar-refractivity contribution in [3.05, 3.63) is 46.3 Å². The molecule has 0 atom stereocenters. The minimum atomic E-state index is -3.68. The molecule has 0 radical (unpaired) electrons. The van der Waals surface area contributed by atoms with Gasteiger partial charge >= 0.3 is 5.97 Å². The number of sulfonamides is 1. The molecule has 10 heteroatoms. The lowest BCUT2D eigenvalue weighted by Crippen LogP contribution is -2.23. The fourth-order valence-corrected chi connectivity index (χ4v) is 4.18. The molecule has 0 saturated heterocycles. The number of Topliss-reactive ketones (excluding diaryl/α,β-unsaturated/α-hetero) is 1. The molecule has 162 valence electrons. The first-order chi connectivity index (χ1) is 13.9. The van der Waals surface area contributed by atoms with Crippen LogP contribution in [-0.4, -0.2) is 56.6 Å². The predicted octanol–water partition coefficient (Wildman–Crippen LogP) is 2.05. The number of nitrogens with one attached hydrogen (secondary N) is 2. The van der Waals surface area contributed by atoms with Crippen molar-refractivity contribution in [1.29, 1.82) is 0 Å². The molecule has 0 aliphatic heterocycles. The zero-order valence-corrected chi connectivity index (χ0v) is 18.6. The van der Waals surface area contributed by atoms with Crippen molar-refractivity contribution in [2.75, 3.05) is 26.5 Å². The van der Waals surface area contributed by atoms with Crippen molar-refractivity contribution in [2.24, 2.45) is 0 Å². The summed E-state index contributed by atoms with van der Waals surface area (Å²) in [6.07, 6.45) is -0.234. The molecule has 2 N–H and O–H groups in total. The van der Waals surface area contributed by atoms with Gasteiger partial charge in [-0.25, -0.2) is 17.5 Å². The van der Waals surface area contributed by atoms with Crippen LogP contribution in [0.4, 0.5) is 5.69 Å². The second-order valence-electron chi connectivity index (χ2n) is 7.02. The van der Waals surface area contributed by atoms with E-state index in [1.54, 1.807) is 26.0 Å². The van der Waals surface area contributed by atoms with Crippen LogP contribution < -0.4 is 5.32 Å². The van der Waals surface area contributed by atoms with Gasteiger partial charge in [-0.3, -0.25) is 9.59 Å². The number of rotatable bonds is 7. The summed E-state index contributed by atoms with van der Waals surface area (Å²) in [5.41, 5.74) is 1.86. The molecule has 9 nitrogen and oxygen atoms in total. The first-order valence-corrected chi connectivity index (χ1v) is 10.5. The van der Waals surface area contributed by atoms with E-state index in [0.29, 0.717) is 16.8 Å². The van der Waals surface area contributed by atoms with Gasteiger partial charge in [0.25, 0.3) is 0 Å². The summed E-state index contributed by atoms with van der Waals surface area (Å²) in [4.78, 5) is 39.4. The number of ketones is 1. The van der Waals surface area contributed by atoms with E-state index in [-0.39, 0.29) is 34.1 Å². The van der Waals surface area contributed by atoms with Crippen LogP contribution >= 0.6 is 0 Å². The molecular formula is C20H25N3O6S. The van der Waals surface area contributed by atoms with Crippen molar-refractivity contribution < 1.29 is 27.5 Å². The number of hydrogen-bond acceptors (Lipinski definition) is 6. The monoisotopic (exact) mass is 435 g/mol. The van der Waals surface area contributed by atoms with Crippen LogP contribution in [0.1, 0.15) is 44.6 Å². The number of amides is 1. The molecular weight excluding hydrogens is 410 g/mol. The van der Waals surface area contributed by atoms with Gasteiger partial charge in [0, 0.05) is 32.4 Å². The van der Waals surface area contributed by atoms with Gasteiger partial charge in [0.1, 0.15) is 0 Å². The van der Waals surface area contributed by atoms with E-state index < -0.39 is 21.9 Å². The number of anilines is 1. The third-order valence-electron chi connectivity index (χ3n) is 4.64. The number of aryl methyl sites for hydroxylation is 1. The number of aromatic nitrogens is 1. The van der Waals surface area contributed by atoms with Crippen LogP contribution in [0.2, 0.25) is 0 Å². The topological polar surface area (TPSA) is 126 Å². The van der Waals surface area contributed by atoms with Crippen LogP contribution in [0.3, 0.4) is 0 Å². The second-order valence-corrected chi connectivity index (χ2v) is 9.14. The van der Waals surface area contributed by atoms with Crippen molar-refractivity contribution >= 4 is 33.4 Å². The van der Waals surface area contributed by atoms with E-state index in [2.05, 4.69) is 10.3 Å². The number of methoxy groups -OCH3 is 1. The number of hydrogen-bond donors (Lipinski definition) is 2. The Kier molecular flexibility index (Phi) is 6.84. The molecule has 0 unspecified atom stereocenters. The smallest absolute Gasteiger partial charge is 0.339 e. The lowest BCUT2D eigenvalue weighted by molar-refractivity contribution is -0.115. The highest BCUT2D eigenvalue weighted by Gasteiger charge is 2.25. The molecule has 0 fully saturated rings. The Morgan fingerprint density at radius 3 is 2.33 bits per heavy atom. The summed E-state index contributed by atoms with van der Waals surface area (Å²) < 4.78 is 30.8. The average Bonchev–Trinajstić information content (AvgIpc) is 2.98. The highest BCUT2D eigenvalue weighted by molar-refractivity contribution is 7.89. The molecule has 0 aliphatic rings. The minimum Gasteiger partial charge on any atom is -0.465 e. The summed E-state index contributed by atoms with van der Waals surface area (Å²) in [5, 5.41) is 2.63. The Morgan fingerprint density at radius 2 is 1.80 bits per heavy atom. The highest BCUT2D eigenvalue weighted by Crippen LogP contribution is 2.24. The number of H-pyrrole nitrogens is 1. The van der Waals surface area contributed by atoms with Crippen molar-refractivity contribution in [3.63, 3.8) is 0 Å². The molecule has 1 aromatic carbocycles. The molecule has 2 rings (SSSR count). The molecule has 1 heterocycles. The Balaban J connectivity index is 2.34. The Hall–Kier alpha value is -2.98. The van der Waals surface area contributed by atoms with E-state index in [0.717, 1.165) is 4.31 Å². The molecule has 30 heavy (non-hydrogen) atoms. The van der Waals surface area contributed by atoms with E-state index in [1.807, 2.05) is 0 Å². The van der Waals surface area contributed by atoms with E-state index >= 15 is 0 Å². The number of esters is 1. The maximum absolute atomic E-state index is 12.6. The Labute approximate surface area is 175 Å². The quantitative estimate of drug-likeness (QED) is 0.506. The molecule has 0 saturated carbocycles. The number of aromatic amines is 1. The summed E-state index contributed by atoms with van der Waals surface area (Å²) in [5.74, 6) is -1.43. The summed E-state index contributed by atoms with van der Waals surface area (Å²) in [6, 6.07) is 4.56. The highest BCUT2D eigenvalue weighted by atomic mass is 32.2. The SMILES string of the molecule is COC(=O)c1c(CC(=O)Nc2ccc(C)c(S(=O)(=O)N(C)C)c2)[nH]c(C(C)=O)c1C. The van der Waals surface area contributed by atoms with Crippen LogP contribution in [0, 0.1) is 13.8 Å². The minimum absolute atomic E-state index is 0.0788. The largest absolute Gasteiger partial charge is 0.465 e. The van der Waals surface area contributed by atoms with Gasteiger partial charge in [-0.1, -0.05) is 6.07 Å². The maximum atomic E-state index is 12.6. The molecule has 0 bridgehead atoms. The maximum Gasteiger partial charge on any atom is 0.339 e. The number of carbonyl (C=O) groups is 3. The number of carbonyl (C=O) groups excluding carboxylic acids is 3. The summed E-state index contributed by atoms with van der Waals surface area (Å²) >= 11 is 0. The average molecular weight is 436 g/mol. The Morgan fingerprint density at radius 1 is 1.17 bits per heavy atom. The predicted molar refractivity (Wildman–Crippen MR) is 111 cm³/mol. The molecule has 2 aromatic rings. The molecule has 0 aliphatic carbocycles. The van der Waals surface area contributed by atoms with Crippen molar-refractivity contribution in [1.82, 2.24) is 9.29 Å². The van der Waals surface area contributed by atoms with Crippen molar-refractivity contribution in [2.45, 2.75) is 32.1 Å². The number of benzene rings is 1. The third-order valence-corrected chi connectivity index (χ3v) is 6.59. The van der Waals surface area contributed by atoms with Crippen LogP contribution in [0.15, 0.2) is 23.1 Å². The first kappa shape index (κ1) is 23.3. The van der Waals surface area contributed by atoms with Gasteiger partial charge in [0.05, 0.1) is 29.7 Å². The normalized spacial score (nSPS) is 11.4. The van der Waals surface area contributed by atoms with Crippen LogP contribution in [0.25, 0.3) is 0 Å². The zero-order chi connectivity index (χ0) is 22.8. The lowest BCUT2D eigenvalue weighted by Gasteiger charge is -2.15. The fraction of sp³-hybridized carbons (Fsp3) is 0.350. The first-order valence-electron chi connectivity index (χ1n) is 9.03. The van der Waals surface area contributed by atoms with Gasteiger partial charge in [0.15, 0.2) is 5.78 Å². The van der Waals surface area contributed by atoms with E-state index in [9.17, 15) is 22.8 Å². The fourth-order valence-electron chi connectivity index (χ4n) is 3.04. The third kappa shape index (κ3) is 4.60. The van der Waals surface area contributed by atoms with E-state index in [4.69, 9.17) is 4.74 Å². The van der Waals surface area contributed by atoms with Gasteiger partial charge in [-0.05, 0) is 37.1 Å². The second kappa shape index (κ2) is 8.80. The summed E-state index contributed by atoms with van der Waals surface area (Å²) in [7, 11) is 0.383. The summed E-state index contributed by atoms with van der Waals surface area (Å²) in [6.45, 7) is 4.61. The van der Waals surface area contributed by atoms with Gasteiger partial charge < -0.3 is 15.0 Å². The Bertz CT molecular complexity index is 1120. The van der Waals surface area contributed by atoms with Gasteiger partial charge in [-0.15, -0.1) is 0 Å². The van der Waals surface area contributed by atoms with Crippen molar-refractivity contribution in [3.8, 4) is 0 Å². The van der Waals surface area contributed by atoms with Gasteiger partial charge in [0.2, 0.25) is 15.9 Å². The van der Waals surface area contributed by atoms with Crippen LogP contribution in [0.5, 0.6) is 0 Å². The lowest BCUT2D eigenvalue weighted by atomic mass is 10.1. The standard InChI is InChI=1S/C20H25N3O6S/c1-11-7-8-14(9-16(11)30(27,28)23(4)5)21-17(25)10-15-18(20(26)29-6)12(2)19(22-15)13(3)24/h7-9,22H,10H2,1-6H3,(H,21,25). The number of nitrogens with zero attached hydrogens (tertiary/aromatic N) is 1. The van der Waals surface area contributed by atoms with Gasteiger partial charge in [-0.2, -0.15) is 0 Å². The number of ether oxygens (including phenoxy) is 1. The van der Waals surface area contributed by atoms with Crippen LogP contribution in [-0.2, 0) is 26.0 Å². The van der Waals surface area contributed by atoms with E-state index in [1.165, 1.54) is 34.2 Å². The molecule has 0 spiro atoms. The zero-order valence-electron chi connectivity index (χ0n) is 17.7. The molecule has 1 amide bonds.